The van der Waals surface area contributed by atoms with Gasteiger partial charge < -0.3 is 10.8 Å². The minimum atomic E-state index is -0.874. The van der Waals surface area contributed by atoms with Crippen molar-refractivity contribution in [3.05, 3.63) is 71.3 Å². The van der Waals surface area contributed by atoms with Crippen molar-refractivity contribution in [2.75, 3.05) is 0 Å². The van der Waals surface area contributed by atoms with Gasteiger partial charge in [0.25, 0.3) is 0 Å². The zero-order valence-electron chi connectivity index (χ0n) is 10.6. The summed E-state index contributed by atoms with van der Waals surface area (Å²) >= 11 is 0. The van der Waals surface area contributed by atoms with Crippen molar-refractivity contribution in [1.29, 1.82) is 0 Å². The van der Waals surface area contributed by atoms with E-state index in [4.69, 9.17) is 10.8 Å². The minimum Gasteiger partial charge on any atom is -0.481 e. The molecule has 98 valence electrons. The smallest absolute Gasteiger partial charge is 0.305 e. The Hall–Kier alpha value is -2.13. The van der Waals surface area contributed by atoms with Crippen LogP contribution in [0.4, 0.5) is 0 Å². The SMILES string of the molecule is NC(CC(=O)O)c1ccc(Cc2ccccc2)cc1. The van der Waals surface area contributed by atoms with Gasteiger partial charge in [0.15, 0.2) is 0 Å². The highest BCUT2D eigenvalue weighted by Crippen LogP contribution is 2.16. The van der Waals surface area contributed by atoms with Gasteiger partial charge in [-0.25, -0.2) is 0 Å². The molecular weight excluding hydrogens is 238 g/mol. The molecule has 2 aromatic carbocycles. The summed E-state index contributed by atoms with van der Waals surface area (Å²) in [6.07, 6.45) is 0.827. The number of carboxylic acid groups (broad SMARTS) is 1. The molecular formula is C16H17NO2. The van der Waals surface area contributed by atoms with Crippen LogP contribution in [0.2, 0.25) is 0 Å². The largest absolute Gasteiger partial charge is 0.481 e. The topological polar surface area (TPSA) is 63.3 Å². The van der Waals surface area contributed by atoms with Gasteiger partial charge in [0, 0.05) is 6.04 Å². The Kier molecular flexibility index (Phi) is 4.31. The van der Waals surface area contributed by atoms with E-state index < -0.39 is 12.0 Å². The van der Waals surface area contributed by atoms with Gasteiger partial charge in [0.2, 0.25) is 0 Å². The third kappa shape index (κ3) is 3.93. The Bertz CT molecular complexity index is 534. The Labute approximate surface area is 112 Å². The fraction of sp³-hybridized carbons (Fsp3) is 0.188. The van der Waals surface area contributed by atoms with E-state index in [9.17, 15) is 4.79 Å². The van der Waals surface area contributed by atoms with Crippen molar-refractivity contribution in [2.45, 2.75) is 18.9 Å². The fourth-order valence-electron chi connectivity index (χ4n) is 2.02. The van der Waals surface area contributed by atoms with E-state index in [1.54, 1.807) is 0 Å². The first-order valence-electron chi connectivity index (χ1n) is 6.25. The first kappa shape index (κ1) is 13.3. The van der Waals surface area contributed by atoms with Crippen LogP contribution in [0.5, 0.6) is 0 Å². The molecule has 1 atom stereocenters. The maximum atomic E-state index is 10.6. The Morgan fingerprint density at radius 2 is 1.58 bits per heavy atom. The molecule has 0 aliphatic rings. The number of hydrogen-bond donors (Lipinski definition) is 2. The standard InChI is InChI=1S/C16H17NO2/c17-15(11-16(18)19)14-8-6-13(7-9-14)10-12-4-2-1-3-5-12/h1-9,15H,10-11,17H2,(H,18,19). The summed E-state index contributed by atoms with van der Waals surface area (Å²) in [7, 11) is 0. The van der Waals surface area contributed by atoms with Crippen molar-refractivity contribution < 1.29 is 9.90 Å². The molecule has 3 heteroatoms. The van der Waals surface area contributed by atoms with Gasteiger partial charge in [-0.2, -0.15) is 0 Å². The lowest BCUT2D eigenvalue weighted by Gasteiger charge is -2.10. The average molecular weight is 255 g/mol. The van der Waals surface area contributed by atoms with E-state index in [1.807, 2.05) is 42.5 Å². The van der Waals surface area contributed by atoms with Crippen molar-refractivity contribution >= 4 is 5.97 Å². The summed E-state index contributed by atoms with van der Waals surface area (Å²) in [5, 5.41) is 8.71. The summed E-state index contributed by atoms with van der Waals surface area (Å²) in [5.41, 5.74) is 9.12. The maximum absolute atomic E-state index is 10.6. The van der Waals surface area contributed by atoms with Gasteiger partial charge in [-0.1, -0.05) is 54.6 Å². The lowest BCUT2D eigenvalue weighted by Crippen LogP contribution is -2.14. The molecule has 3 N–H and O–H groups in total. The van der Waals surface area contributed by atoms with Gasteiger partial charge in [0.1, 0.15) is 0 Å². The highest BCUT2D eigenvalue weighted by molar-refractivity contribution is 5.67. The molecule has 0 saturated heterocycles. The van der Waals surface area contributed by atoms with Gasteiger partial charge in [-0.15, -0.1) is 0 Å². The molecule has 0 aliphatic carbocycles. The van der Waals surface area contributed by atoms with E-state index in [0.29, 0.717) is 0 Å². The fourth-order valence-corrected chi connectivity index (χ4v) is 2.02. The molecule has 0 aliphatic heterocycles. The van der Waals surface area contributed by atoms with E-state index in [1.165, 1.54) is 11.1 Å². The lowest BCUT2D eigenvalue weighted by molar-refractivity contribution is -0.137. The molecule has 2 rings (SSSR count). The van der Waals surface area contributed by atoms with Crippen LogP contribution in [-0.2, 0) is 11.2 Å². The van der Waals surface area contributed by atoms with Crippen molar-refractivity contribution in [1.82, 2.24) is 0 Å². The molecule has 0 radical (unpaired) electrons. The number of carbonyl (C=O) groups is 1. The number of hydrogen-bond acceptors (Lipinski definition) is 2. The van der Waals surface area contributed by atoms with E-state index >= 15 is 0 Å². The Balaban J connectivity index is 2.04. The minimum absolute atomic E-state index is 0.0436. The molecule has 0 bridgehead atoms. The molecule has 2 aromatic rings. The van der Waals surface area contributed by atoms with Gasteiger partial charge in [-0.05, 0) is 23.1 Å². The van der Waals surface area contributed by atoms with Crippen LogP contribution in [0, 0.1) is 0 Å². The quantitative estimate of drug-likeness (QED) is 0.863. The predicted octanol–water partition coefficient (Wildman–Crippen LogP) is 2.75. The normalized spacial score (nSPS) is 12.1. The second-order valence-electron chi connectivity index (χ2n) is 4.61. The average Bonchev–Trinajstić information content (AvgIpc) is 2.40. The molecule has 0 spiro atoms. The number of carboxylic acids is 1. The third-order valence-corrected chi connectivity index (χ3v) is 3.05. The molecule has 0 heterocycles. The lowest BCUT2D eigenvalue weighted by atomic mass is 10.00. The van der Waals surface area contributed by atoms with E-state index in [-0.39, 0.29) is 6.42 Å². The zero-order chi connectivity index (χ0) is 13.7. The third-order valence-electron chi connectivity index (χ3n) is 3.05. The van der Waals surface area contributed by atoms with Crippen LogP contribution < -0.4 is 5.73 Å². The van der Waals surface area contributed by atoms with Crippen molar-refractivity contribution in [2.24, 2.45) is 5.73 Å². The number of rotatable bonds is 5. The van der Waals surface area contributed by atoms with Crippen LogP contribution in [0.25, 0.3) is 0 Å². The number of benzene rings is 2. The molecule has 19 heavy (non-hydrogen) atoms. The monoisotopic (exact) mass is 255 g/mol. The number of nitrogens with two attached hydrogens (primary N) is 1. The van der Waals surface area contributed by atoms with Crippen LogP contribution in [0.3, 0.4) is 0 Å². The molecule has 0 amide bonds. The highest BCUT2D eigenvalue weighted by atomic mass is 16.4. The van der Waals surface area contributed by atoms with Gasteiger partial charge in [0.05, 0.1) is 6.42 Å². The summed E-state index contributed by atoms with van der Waals surface area (Å²) in [5.74, 6) is -0.874. The summed E-state index contributed by atoms with van der Waals surface area (Å²) in [4.78, 5) is 10.6. The van der Waals surface area contributed by atoms with Gasteiger partial charge >= 0.3 is 5.97 Å². The molecule has 0 aromatic heterocycles. The number of aliphatic carboxylic acids is 1. The predicted molar refractivity (Wildman–Crippen MR) is 74.9 cm³/mol. The first-order valence-corrected chi connectivity index (χ1v) is 6.25. The zero-order valence-corrected chi connectivity index (χ0v) is 10.6. The van der Waals surface area contributed by atoms with Crippen molar-refractivity contribution in [3.63, 3.8) is 0 Å². The second kappa shape index (κ2) is 6.16. The van der Waals surface area contributed by atoms with Crippen LogP contribution in [0.1, 0.15) is 29.2 Å². The summed E-state index contributed by atoms with van der Waals surface area (Å²) < 4.78 is 0. The molecule has 0 saturated carbocycles. The maximum Gasteiger partial charge on any atom is 0.305 e. The molecule has 1 unspecified atom stereocenters. The Morgan fingerprint density at radius 1 is 1.00 bits per heavy atom. The second-order valence-corrected chi connectivity index (χ2v) is 4.61. The van der Waals surface area contributed by atoms with Gasteiger partial charge in [-0.3, -0.25) is 4.79 Å². The summed E-state index contributed by atoms with van der Waals surface area (Å²) in [6, 6.07) is 17.6. The Morgan fingerprint density at radius 3 is 2.16 bits per heavy atom. The van der Waals surface area contributed by atoms with Crippen molar-refractivity contribution in [3.8, 4) is 0 Å². The first-order chi connectivity index (χ1) is 9.15. The molecule has 0 fully saturated rings. The summed E-state index contributed by atoms with van der Waals surface area (Å²) in [6.45, 7) is 0. The molecule has 3 nitrogen and oxygen atoms in total. The van der Waals surface area contributed by atoms with Crippen LogP contribution in [0.15, 0.2) is 54.6 Å². The van der Waals surface area contributed by atoms with E-state index in [0.717, 1.165) is 12.0 Å². The van der Waals surface area contributed by atoms with Crippen LogP contribution >= 0.6 is 0 Å². The van der Waals surface area contributed by atoms with Crippen LogP contribution in [-0.4, -0.2) is 11.1 Å². The highest BCUT2D eigenvalue weighted by Gasteiger charge is 2.10. The van der Waals surface area contributed by atoms with E-state index in [2.05, 4.69) is 12.1 Å².